The van der Waals surface area contributed by atoms with Crippen LogP contribution < -0.4 is 5.32 Å². The topological polar surface area (TPSA) is 12.0 Å². The Hall–Kier alpha value is -0.0400. The first-order valence-corrected chi connectivity index (χ1v) is 9.24. The summed E-state index contributed by atoms with van der Waals surface area (Å²) in [6.45, 7) is 10.8. The quantitative estimate of drug-likeness (QED) is 0.686. The zero-order valence-electron chi connectivity index (χ0n) is 14.4. The molecule has 0 radical (unpaired) electrons. The van der Waals surface area contributed by atoms with Crippen LogP contribution in [0.15, 0.2) is 0 Å². The maximum absolute atomic E-state index is 3.89. The fourth-order valence-corrected chi connectivity index (χ4v) is 4.25. The van der Waals surface area contributed by atoms with E-state index in [0.717, 1.165) is 23.8 Å². The van der Waals surface area contributed by atoms with E-state index >= 15 is 0 Å². The Kier molecular flexibility index (Phi) is 5.95. The molecule has 0 saturated heterocycles. The molecule has 2 aliphatic rings. The Balaban J connectivity index is 1.82. The van der Waals surface area contributed by atoms with Crippen molar-refractivity contribution in [2.24, 2.45) is 23.2 Å². The van der Waals surface area contributed by atoms with Crippen LogP contribution in [0, 0.1) is 23.2 Å². The molecule has 1 nitrogen and oxygen atoms in total. The Bertz CT molecular complexity index is 266. The van der Waals surface area contributed by atoms with E-state index in [2.05, 4.69) is 33.0 Å². The summed E-state index contributed by atoms with van der Waals surface area (Å²) < 4.78 is 0. The summed E-state index contributed by atoms with van der Waals surface area (Å²) in [6.07, 6.45) is 13.1. The number of hydrogen-bond acceptors (Lipinski definition) is 1. The van der Waals surface area contributed by atoms with Gasteiger partial charge in [-0.25, -0.2) is 0 Å². The molecule has 0 aromatic heterocycles. The second-order valence-electron chi connectivity index (χ2n) is 8.57. The van der Waals surface area contributed by atoms with Gasteiger partial charge in [0.1, 0.15) is 0 Å². The van der Waals surface area contributed by atoms with Crippen molar-refractivity contribution in [2.75, 3.05) is 6.54 Å². The average molecular weight is 280 g/mol. The molecule has 1 atom stereocenters. The van der Waals surface area contributed by atoms with Crippen molar-refractivity contribution < 1.29 is 0 Å². The van der Waals surface area contributed by atoms with E-state index in [-0.39, 0.29) is 0 Å². The molecule has 118 valence electrons. The van der Waals surface area contributed by atoms with Gasteiger partial charge in [-0.15, -0.1) is 0 Å². The zero-order valence-corrected chi connectivity index (χ0v) is 14.4. The molecule has 1 N–H and O–H groups in total. The van der Waals surface area contributed by atoms with Gasteiger partial charge in [-0.05, 0) is 68.2 Å². The zero-order chi connectivity index (χ0) is 14.6. The summed E-state index contributed by atoms with van der Waals surface area (Å²) in [5.74, 6) is 2.96. The maximum atomic E-state index is 3.89. The van der Waals surface area contributed by atoms with Gasteiger partial charge in [0.05, 0.1) is 0 Å². The summed E-state index contributed by atoms with van der Waals surface area (Å²) in [5.41, 5.74) is 0.519. The lowest BCUT2D eigenvalue weighted by Crippen LogP contribution is -2.41. The van der Waals surface area contributed by atoms with Crippen LogP contribution in [-0.4, -0.2) is 12.6 Å². The van der Waals surface area contributed by atoms with Crippen LogP contribution in [0.25, 0.3) is 0 Å². The fourth-order valence-electron chi connectivity index (χ4n) is 4.25. The fraction of sp³-hybridized carbons (Fsp3) is 1.00. The predicted molar refractivity (Wildman–Crippen MR) is 88.9 cm³/mol. The Morgan fingerprint density at radius 3 is 2.10 bits per heavy atom. The van der Waals surface area contributed by atoms with E-state index < -0.39 is 0 Å². The van der Waals surface area contributed by atoms with Crippen LogP contribution in [0.2, 0.25) is 0 Å². The van der Waals surface area contributed by atoms with Gasteiger partial charge in [0, 0.05) is 6.04 Å². The lowest BCUT2D eigenvalue weighted by atomic mass is 9.67. The minimum atomic E-state index is 0.519. The summed E-state index contributed by atoms with van der Waals surface area (Å²) in [6, 6.07) is 0.821. The van der Waals surface area contributed by atoms with Crippen molar-refractivity contribution in [3.8, 4) is 0 Å². The molecule has 2 aliphatic carbocycles. The second kappa shape index (κ2) is 7.29. The minimum absolute atomic E-state index is 0.519. The van der Waals surface area contributed by atoms with Crippen LogP contribution in [0.3, 0.4) is 0 Å². The average Bonchev–Trinajstić information content (AvgIpc) is 2.36. The number of nitrogens with one attached hydrogen (secondary N) is 1. The van der Waals surface area contributed by atoms with Crippen molar-refractivity contribution in [3.63, 3.8) is 0 Å². The van der Waals surface area contributed by atoms with E-state index in [9.17, 15) is 0 Å². The molecule has 1 unspecified atom stereocenters. The highest BCUT2D eigenvalue weighted by Gasteiger charge is 2.34. The van der Waals surface area contributed by atoms with Crippen LogP contribution >= 0.6 is 0 Å². The second-order valence-corrected chi connectivity index (χ2v) is 8.57. The molecule has 2 fully saturated rings. The van der Waals surface area contributed by atoms with Crippen molar-refractivity contribution in [1.82, 2.24) is 5.32 Å². The Labute approximate surface area is 127 Å². The highest BCUT2D eigenvalue weighted by Crippen LogP contribution is 2.42. The van der Waals surface area contributed by atoms with Gasteiger partial charge >= 0.3 is 0 Å². The van der Waals surface area contributed by atoms with Gasteiger partial charge in [0.2, 0.25) is 0 Å². The molecule has 0 spiro atoms. The van der Waals surface area contributed by atoms with E-state index in [0.29, 0.717) is 5.41 Å². The summed E-state index contributed by atoms with van der Waals surface area (Å²) >= 11 is 0. The smallest absolute Gasteiger partial charge is 0.00979 e. The van der Waals surface area contributed by atoms with Crippen LogP contribution in [0.4, 0.5) is 0 Å². The van der Waals surface area contributed by atoms with E-state index in [1.54, 1.807) is 0 Å². The number of hydrogen-bond donors (Lipinski definition) is 1. The molecule has 0 aromatic rings. The maximum Gasteiger partial charge on any atom is 0.00979 e. The minimum Gasteiger partial charge on any atom is -0.314 e. The lowest BCUT2D eigenvalue weighted by molar-refractivity contribution is 0.119. The van der Waals surface area contributed by atoms with Crippen molar-refractivity contribution in [2.45, 2.75) is 91.5 Å². The molecule has 0 bridgehead atoms. The van der Waals surface area contributed by atoms with E-state index in [1.807, 2.05) is 0 Å². The van der Waals surface area contributed by atoms with Crippen LogP contribution in [0.5, 0.6) is 0 Å². The third-order valence-corrected chi connectivity index (χ3v) is 6.03. The van der Waals surface area contributed by atoms with Gasteiger partial charge in [-0.3, -0.25) is 0 Å². The van der Waals surface area contributed by atoms with Gasteiger partial charge in [-0.1, -0.05) is 47.0 Å². The Morgan fingerprint density at radius 1 is 1.00 bits per heavy atom. The molecule has 0 amide bonds. The van der Waals surface area contributed by atoms with Gasteiger partial charge in [-0.2, -0.15) is 0 Å². The predicted octanol–water partition coefficient (Wildman–Crippen LogP) is 5.40. The molecule has 2 saturated carbocycles. The molecule has 2 rings (SSSR count). The molecule has 20 heavy (non-hydrogen) atoms. The molecular formula is C19H37N. The van der Waals surface area contributed by atoms with E-state index in [1.165, 1.54) is 64.3 Å². The van der Waals surface area contributed by atoms with Crippen LogP contribution in [-0.2, 0) is 0 Å². The highest BCUT2D eigenvalue weighted by molar-refractivity contribution is 4.88. The highest BCUT2D eigenvalue weighted by atomic mass is 14.9. The standard InChI is InChI=1S/C19H37N/c1-5-13-20-18(14-15-7-6-8-15)16-9-11-17(12-10-16)19(2,3)4/h15-18,20H,5-14H2,1-4H3. The molecule has 0 heterocycles. The van der Waals surface area contributed by atoms with Gasteiger partial charge in [0.15, 0.2) is 0 Å². The summed E-state index contributed by atoms with van der Waals surface area (Å²) in [5, 5.41) is 3.89. The van der Waals surface area contributed by atoms with Crippen molar-refractivity contribution in [3.05, 3.63) is 0 Å². The monoisotopic (exact) mass is 279 g/mol. The first-order valence-electron chi connectivity index (χ1n) is 9.24. The third-order valence-electron chi connectivity index (χ3n) is 6.03. The van der Waals surface area contributed by atoms with Gasteiger partial charge in [0.25, 0.3) is 0 Å². The molecule has 1 heteroatoms. The normalized spacial score (nSPS) is 30.0. The molecule has 0 aromatic carbocycles. The number of rotatable bonds is 6. The van der Waals surface area contributed by atoms with Crippen LogP contribution in [0.1, 0.15) is 85.5 Å². The molecule has 0 aliphatic heterocycles. The SMILES string of the molecule is CCCNC(CC1CCC1)C1CCC(C(C)(C)C)CC1. The van der Waals surface area contributed by atoms with Crippen molar-refractivity contribution in [1.29, 1.82) is 0 Å². The first-order chi connectivity index (χ1) is 9.50. The summed E-state index contributed by atoms with van der Waals surface area (Å²) in [4.78, 5) is 0. The van der Waals surface area contributed by atoms with E-state index in [4.69, 9.17) is 0 Å². The van der Waals surface area contributed by atoms with Crippen molar-refractivity contribution >= 4 is 0 Å². The van der Waals surface area contributed by atoms with Gasteiger partial charge < -0.3 is 5.32 Å². The third kappa shape index (κ3) is 4.48. The first kappa shape index (κ1) is 16.3. The largest absolute Gasteiger partial charge is 0.314 e. The Morgan fingerprint density at radius 2 is 1.65 bits per heavy atom. The molecular weight excluding hydrogens is 242 g/mol. The summed E-state index contributed by atoms with van der Waals surface area (Å²) in [7, 11) is 0. The lowest BCUT2D eigenvalue weighted by Gasteiger charge is -2.41.